The number of benzene rings is 1. The number of thiophene rings is 1. The number of urea groups is 1. The lowest BCUT2D eigenvalue weighted by atomic mass is 10.2. The van der Waals surface area contributed by atoms with Gasteiger partial charge in [0.25, 0.3) is 0 Å². The second kappa shape index (κ2) is 11.2. The van der Waals surface area contributed by atoms with Crippen molar-refractivity contribution in [3.05, 3.63) is 66.2 Å². The first kappa shape index (κ1) is 25.1. The number of hydrogen-bond acceptors (Lipinski definition) is 7. The van der Waals surface area contributed by atoms with E-state index in [9.17, 15) is 9.18 Å². The molecule has 4 aromatic rings. The second-order valence-corrected chi connectivity index (χ2v) is 10.1. The number of fused-ring (bicyclic) bond motifs is 1. The van der Waals surface area contributed by atoms with Gasteiger partial charge in [0, 0.05) is 56.0 Å². The second-order valence-electron chi connectivity index (χ2n) is 9.04. The van der Waals surface area contributed by atoms with Gasteiger partial charge >= 0.3 is 6.03 Å². The van der Waals surface area contributed by atoms with Gasteiger partial charge in [-0.1, -0.05) is 6.07 Å². The number of amides is 2. The highest BCUT2D eigenvalue weighted by Crippen LogP contribution is 2.39. The summed E-state index contributed by atoms with van der Waals surface area (Å²) in [7, 11) is 1.69. The average molecular weight is 522 g/mol. The Bertz CT molecular complexity index is 1390. The van der Waals surface area contributed by atoms with Crippen LogP contribution in [0, 0.1) is 5.82 Å². The van der Waals surface area contributed by atoms with E-state index in [0.29, 0.717) is 24.6 Å². The van der Waals surface area contributed by atoms with Crippen LogP contribution in [0.25, 0.3) is 20.8 Å². The number of carbonyl (C=O) groups excluding carboxylic acids is 1. The van der Waals surface area contributed by atoms with Crippen molar-refractivity contribution in [1.82, 2.24) is 20.6 Å². The number of carbonyl (C=O) groups is 1. The molecule has 0 radical (unpaired) electrons. The van der Waals surface area contributed by atoms with Crippen LogP contribution in [-0.4, -0.2) is 41.8 Å². The molecule has 37 heavy (non-hydrogen) atoms. The van der Waals surface area contributed by atoms with Crippen LogP contribution in [0.3, 0.4) is 0 Å². The Labute approximate surface area is 218 Å². The molecule has 0 spiro atoms. The first-order chi connectivity index (χ1) is 18.0. The number of methoxy groups -OCH3 is 1. The molecule has 8 nitrogen and oxygen atoms in total. The largest absolute Gasteiger partial charge is 0.453 e. The predicted molar refractivity (Wildman–Crippen MR) is 143 cm³/mol. The van der Waals surface area contributed by atoms with E-state index in [1.54, 1.807) is 25.4 Å². The molecule has 0 bridgehead atoms. The molecule has 1 fully saturated rings. The van der Waals surface area contributed by atoms with Crippen molar-refractivity contribution < 1.29 is 18.7 Å². The monoisotopic (exact) mass is 521 g/mol. The molecule has 10 heteroatoms. The smallest absolute Gasteiger partial charge is 0.319 e. The van der Waals surface area contributed by atoms with Gasteiger partial charge < -0.3 is 25.4 Å². The van der Waals surface area contributed by atoms with Crippen LogP contribution in [0.2, 0.25) is 0 Å². The maximum Gasteiger partial charge on any atom is 0.319 e. The lowest BCUT2D eigenvalue weighted by Gasteiger charge is -2.12. The molecule has 1 saturated carbocycles. The molecule has 3 heterocycles. The summed E-state index contributed by atoms with van der Waals surface area (Å²) >= 11 is 1.49. The third kappa shape index (κ3) is 6.40. The standard InChI is InChI=1S/C27H28FN5O3S/c1-16(15-35-2)30-13-17-3-7-21(31-14-17)25-12-22-26(37-25)24(9-10-29-22)36-23-8-6-19(11-20(23)28)33-27(34)32-18-4-5-18/h3,6-12,14,16,18,30H,4-5,13,15H2,1-2H3,(H2,32,33,34)/t16-/m0/s1. The minimum Gasteiger partial charge on any atom is -0.453 e. The molecule has 2 amide bonds. The third-order valence-corrected chi connectivity index (χ3v) is 7.01. The summed E-state index contributed by atoms with van der Waals surface area (Å²) in [6.45, 7) is 3.42. The third-order valence-electron chi connectivity index (χ3n) is 5.85. The van der Waals surface area contributed by atoms with Crippen LogP contribution in [-0.2, 0) is 11.3 Å². The van der Waals surface area contributed by atoms with Gasteiger partial charge in [0.15, 0.2) is 11.6 Å². The van der Waals surface area contributed by atoms with Gasteiger partial charge in [-0.15, -0.1) is 11.3 Å². The van der Waals surface area contributed by atoms with E-state index in [1.807, 2.05) is 24.4 Å². The molecule has 1 aliphatic carbocycles. The van der Waals surface area contributed by atoms with Gasteiger partial charge in [-0.2, -0.15) is 0 Å². The Morgan fingerprint density at radius 1 is 1.16 bits per heavy atom. The first-order valence-electron chi connectivity index (χ1n) is 12.1. The zero-order valence-corrected chi connectivity index (χ0v) is 21.4. The Balaban J connectivity index is 1.29. The summed E-state index contributed by atoms with van der Waals surface area (Å²) in [4.78, 5) is 21.9. The number of nitrogens with zero attached hydrogens (tertiary/aromatic N) is 2. The number of ether oxygens (including phenoxy) is 2. The molecule has 1 atom stereocenters. The summed E-state index contributed by atoms with van der Waals surface area (Å²) in [6, 6.07) is 12.2. The van der Waals surface area contributed by atoms with Crippen LogP contribution in [0.15, 0.2) is 54.9 Å². The molecule has 3 aromatic heterocycles. The van der Waals surface area contributed by atoms with Crippen molar-refractivity contribution >= 4 is 33.3 Å². The Morgan fingerprint density at radius 2 is 2.03 bits per heavy atom. The van der Waals surface area contributed by atoms with Gasteiger partial charge in [0.05, 0.1) is 27.4 Å². The minimum absolute atomic E-state index is 0.0632. The van der Waals surface area contributed by atoms with Crippen molar-refractivity contribution in [2.75, 3.05) is 19.0 Å². The van der Waals surface area contributed by atoms with Crippen LogP contribution in [0.1, 0.15) is 25.3 Å². The predicted octanol–water partition coefficient (Wildman–Crippen LogP) is 5.70. The number of hydrogen-bond donors (Lipinski definition) is 3. The molecule has 0 aliphatic heterocycles. The number of pyridine rings is 2. The maximum absolute atomic E-state index is 14.8. The molecule has 0 saturated heterocycles. The number of nitrogens with one attached hydrogen (secondary N) is 3. The Morgan fingerprint density at radius 3 is 2.76 bits per heavy atom. The zero-order chi connectivity index (χ0) is 25.8. The summed E-state index contributed by atoms with van der Waals surface area (Å²) in [6.07, 6.45) is 5.44. The molecule has 3 N–H and O–H groups in total. The highest BCUT2D eigenvalue weighted by Gasteiger charge is 2.23. The highest BCUT2D eigenvalue weighted by atomic mass is 32.1. The van der Waals surface area contributed by atoms with Crippen LogP contribution >= 0.6 is 11.3 Å². The topological polar surface area (TPSA) is 97.4 Å². The average Bonchev–Trinajstić information content (AvgIpc) is 3.58. The van der Waals surface area contributed by atoms with Crippen LogP contribution < -0.4 is 20.7 Å². The first-order valence-corrected chi connectivity index (χ1v) is 12.9. The summed E-state index contributed by atoms with van der Waals surface area (Å²) in [5.41, 5.74) is 3.01. The van der Waals surface area contributed by atoms with E-state index < -0.39 is 5.82 Å². The quantitative estimate of drug-likeness (QED) is 0.248. The van der Waals surface area contributed by atoms with Crippen LogP contribution in [0.5, 0.6) is 11.5 Å². The molecular formula is C27H28FN5O3S. The molecule has 0 unspecified atom stereocenters. The SMILES string of the molecule is COC[C@H](C)NCc1ccc(-c2cc3nccc(Oc4ccc(NC(=O)NC5CC5)cc4F)c3s2)nc1. The molecule has 1 aliphatic rings. The van der Waals surface area contributed by atoms with E-state index >= 15 is 0 Å². The minimum atomic E-state index is -0.573. The number of anilines is 1. The summed E-state index contributed by atoms with van der Waals surface area (Å²) < 4.78 is 26.7. The van der Waals surface area contributed by atoms with Crippen molar-refractivity contribution in [1.29, 1.82) is 0 Å². The maximum atomic E-state index is 14.8. The molecular weight excluding hydrogens is 493 g/mol. The molecule has 1 aromatic carbocycles. The van der Waals surface area contributed by atoms with E-state index in [4.69, 9.17) is 9.47 Å². The Hall–Kier alpha value is -3.60. The number of halogens is 1. The van der Waals surface area contributed by atoms with Crippen molar-refractivity contribution in [3.8, 4) is 22.1 Å². The van der Waals surface area contributed by atoms with Gasteiger partial charge in [-0.05, 0) is 49.6 Å². The van der Waals surface area contributed by atoms with Gasteiger partial charge in [-0.3, -0.25) is 9.97 Å². The zero-order valence-electron chi connectivity index (χ0n) is 20.6. The number of aromatic nitrogens is 2. The van der Waals surface area contributed by atoms with Crippen LogP contribution in [0.4, 0.5) is 14.9 Å². The molecule has 5 rings (SSSR count). The summed E-state index contributed by atoms with van der Waals surface area (Å²) in [5, 5.41) is 8.85. The van der Waals surface area contributed by atoms with Crippen molar-refractivity contribution in [2.45, 2.75) is 38.4 Å². The van der Waals surface area contributed by atoms with E-state index in [0.717, 1.165) is 39.2 Å². The lowest BCUT2D eigenvalue weighted by Crippen LogP contribution is -2.30. The normalized spacial score (nSPS) is 13.9. The van der Waals surface area contributed by atoms with E-state index in [-0.39, 0.29) is 23.9 Å². The number of rotatable bonds is 10. The lowest BCUT2D eigenvalue weighted by molar-refractivity contribution is 0.171. The fraction of sp³-hybridized carbons (Fsp3) is 0.296. The van der Waals surface area contributed by atoms with Gasteiger partial charge in [0.1, 0.15) is 5.75 Å². The van der Waals surface area contributed by atoms with Crippen molar-refractivity contribution in [2.24, 2.45) is 0 Å². The van der Waals surface area contributed by atoms with Crippen molar-refractivity contribution in [3.63, 3.8) is 0 Å². The molecule has 192 valence electrons. The van der Waals surface area contributed by atoms with E-state index in [2.05, 4.69) is 32.8 Å². The Kier molecular flexibility index (Phi) is 7.59. The van der Waals surface area contributed by atoms with Gasteiger partial charge in [-0.25, -0.2) is 9.18 Å². The van der Waals surface area contributed by atoms with E-state index in [1.165, 1.54) is 23.5 Å². The fourth-order valence-corrected chi connectivity index (χ4v) is 4.80. The summed E-state index contributed by atoms with van der Waals surface area (Å²) in [5.74, 6) is -0.00906. The highest BCUT2D eigenvalue weighted by molar-refractivity contribution is 7.22. The van der Waals surface area contributed by atoms with Gasteiger partial charge in [0.2, 0.25) is 0 Å². The fourth-order valence-electron chi connectivity index (χ4n) is 3.76.